The lowest BCUT2D eigenvalue weighted by molar-refractivity contribution is -0.148. The van der Waals surface area contributed by atoms with Crippen LogP contribution in [0.3, 0.4) is 0 Å². The summed E-state index contributed by atoms with van der Waals surface area (Å²) < 4.78 is 0. The molecule has 1 fully saturated rings. The maximum absolute atomic E-state index is 11.7. The Balaban J connectivity index is 2.76. The highest BCUT2D eigenvalue weighted by Gasteiger charge is 2.39. The van der Waals surface area contributed by atoms with Gasteiger partial charge >= 0.3 is 0 Å². The van der Waals surface area contributed by atoms with Crippen LogP contribution in [0.5, 0.6) is 0 Å². The molecular formula is C11H19NO2. The van der Waals surface area contributed by atoms with E-state index in [4.69, 9.17) is 0 Å². The minimum atomic E-state index is -0.579. The zero-order valence-corrected chi connectivity index (χ0v) is 9.30. The number of piperidine rings is 1. The predicted octanol–water partition coefficient (Wildman–Crippen LogP) is 1.76. The van der Waals surface area contributed by atoms with Gasteiger partial charge in [-0.1, -0.05) is 6.92 Å². The molecule has 1 aliphatic heterocycles. The van der Waals surface area contributed by atoms with Crippen LogP contribution in [0.2, 0.25) is 0 Å². The van der Waals surface area contributed by atoms with Gasteiger partial charge < -0.3 is 4.90 Å². The largest absolute Gasteiger partial charge is 0.331 e. The van der Waals surface area contributed by atoms with Gasteiger partial charge in [-0.3, -0.25) is 9.59 Å². The summed E-state index contributed by atoms with van der Waals surface area (Å²) in [6.45, 7) is 6.42. The summed E-state index contributed by atoms with van der Waals surface area (Å²) >= 11 is 0. The smallest absolute Gasteiger partial charge is 0.223 e. The first-order valence-electron chi connectivity index (χ1n) is 5.34. The lowest BCUT2D eigenvalue weighted by Crippen LogP contribution is -2.56. The molecule has 0 atom stereocenters. The number of hydrogen-bond acceptors (Lipinski definition) is 2. The van der Waals surface area contributed by atoms with Gasteiger partial charge in [0, 0.05) is 19.4 Å². The van der Waals surface area contributed by atoms with Crippen LogP contribution in [0.25, 0.3) is 0 Å². The van der Waals surface area contributed by atoms with Crippen molar-refractivity contribution in [1.82, 2.24) is 4.90 Å². The van der Waals surface area contributed by atoms with Crippen molar-refractivity contribution in [3.8, 4) is 0 Å². The molecule has 0 aromatic carbocycles. The first kappa shape index (κ1) is 11.2. The van der Waals surface area contributed by atoms with Crippen molar-refractivity contribution in [1.29, 1.82) is 0 Å². The molecule has 0 saturated carbocycles. The number of carbonyl (C=O) groups excluding carboxylic acids is 2. The van der Waals surface area contributed by atoms with Crippen molar-refractivity contribution in [2.45, 2.75) is 52.0 Å². The van der Waals surface area contributed by atoms with Gasteiger partial charge in [-0.25, -0.2) is 0 Å². The van der Waals surface area contributed by atoms with E-state index in [2.05, 4.69) is 0 Å². The van der Waals surface area contributed by atoms with Gasteiger partial charge in [0.1, 0.15) is 0 Å². The number of hydrogen-bond donors (Lipinski definition) is 0. The second-order valence-corrected chi connectivity index (χ2v) is 4.38. The highest BCUT2D eigenvalue weighted by molar-refractivity contribution is 5.93. The summed E-state index contributed by atoms with van der Waals surface area (Å²) in [7, 11) is 0. The van der Waals surface area contributed by atoms with Gasteiger partial charge in [0.05, 0.1) is 5.54 Å². The van der Waals surface area contributed by atoms with E-state index in [0.717, 1.165) is 19.4 Å². The highest BCUT2D eigenvalue weighted by atomic mass is 16.2. The average molecular weight is 197 g/mol. The molecule has 0 spiro atoms. The predicted molar refractivity (Wildman–Crippen MR) is 54.9 cm³/mol. The van der Waals surface area contributed by atoms with Gasteiger partial charge in [-0.05, 0) is 26.7 Å². The molecule has 0 aliphatic carbocycles. The zero-order valence-electron chi connectivity index (χ0n) is 9.30. The summed E-state index contributed by atoms with van der Waals surface area (Å²) in [5.41, 5.74) is -0.579. The van der Waals surface area contributed by atoms with Crippen LogP contribution in [-0.4, -0.2) is 28.7 Å². The first-order valence-corrected chi connectivity index (χ1v) is 5.34. The molecular weight excluding hydrogens is 178 g/mol. The molecule has 0 bridgehead atoms. The third-order valence-corrected chi connectivity index (χ3v) is 2.91. The second-order valence-electron chi connectivity index (χ2n) is 4.38. The maximum Gasteiger partial charge on any atom is 0.223 e. The van der Waals surface area contributed by atoms with E-state index in [1.54, 1.807) is 4.90 Å². The number of likely N-dealkylation sites (tertiary alicyclic amines) is 1. The van der Waals surface area contributed by atoms with Crippen molar-refractivity contribution in [2.24, 2.45) is 0 Å². The molecule has 1 heterocycles. The van der Waals surface area contributed by atoms with Crippen molar-refractivity contribution < 1.29 is 9.59 Å². The summed E-state index contributed by atoms with van der Waals surface area (Å²) in [6, 6.07) is 0. The second kappa shape index (κ2) is 4.11. The van der Waals surface area contributed by atoms with Crippen LogP contribution < -0.4 is 0 Å². The number of Topliss-reactive ketones (excluding diaryl/α,β-unsaturated/α-hetero) is 1. The fourth-order valence-electron chi connectivity index (χ4n) is 1.92. The molecule has 0 radical (unpaired) electrons. The Labute approximate surface area is 85.5 Å². The van der Waals surface area contributed by atoms with Crippen LogP contribution in [0.4, 0.5) is 0 Å². The molecule has 3 nitrogen and oxygen atoms in total. The maximum atomic E-state index is 11.7. The van der Waals surface area contributed by atoms with Crippen LogP contribution in [0, 0.1) is 0 Å². The van der Waals surface area contributed by atoms with E-state index in [0.29, 0.717) is 12.8 Å². The van der Waals surface area contributed by atoms with Crippen LogP contribution >= 0.6 is 0 Å². The number of amides is 1. The van der Waals surface area contributed by atoms with Gasteiger partial charge in [0.15, 0.2) is 5.78 Å². The van der Waals surface area contributed by atoms with Crippen molar-refractivity contribution in [3.63, 3.8) is 0 Å². The first-order chi connectivity index (χ1) is 6.50. The van der Waals surface area contributed by atoms with Crippen LogP contribution in [0.15, 0.2) is 0 Å². The quantitative estimate of drug-likeness (QED) is 0.676. The Morgan fingerprint density at radius 2 is 2.14 bits per heavy atom. The molecule has 0 unspecified atom stereocenters. The summed E-state index contributed by atoms with van der Waals surface area (Å²) in [6.07, 6.45) is 2.83. The van der Waals surface area contributed by atoms with Crippen LogP contribution in [0.1, 0.15) is 46.5 Å². The minimum Gasteiger partial charge on any atom is -0.331 e. The molecule has 1 rings (SSSR count). The van der Waals surface area contributed by atoms with Gasteiger partial charge in [-0.15, -0.1) is 0 Å². The van der Waals surface area contributed by atoms with Gasteiger partial charge in [0.2, 0.25) is 5.91 Å². The van der Waals surface area contributed by atoms with E-state index in [9.17, 15) is 9.59 Å². The van der Waals surface area contributed by atoms with Crippen LogP contribution in [-0.2, 0) is 9.59 Å². The zero-order chi connectivity index (χ0) is 10.8. The molecule has 1 saturated heterocycles. The Hall–Kier alpha value is -0.860. The molecule has 1 aliphatic rings. The van der Waals surface area contributed by atoms with Crippen molar-refractivity contribution >= 4 is 11.7 Å². The van der Waals surface area contributed by atoms with Crippen molar-refractivity contribution in [3.05, 3.63) is 0 Å². The molecule has 0 aromatic rings. The number of carbonyl (C=O) groups is 2. The van der Waals surface area contributed by atoms with E-state index >= 15 is 0 Å². The van der Waals surface area contributed by atoms with E-state index in [1.807, 2.05) is 20.8 Å². The molecule has 14 heavy (non-hydrogen) atoms. The SMILES string of the molecule is CCCC(=O)N1CCCC(=O)C1(C)C. The molecule has 0 aromatic heterocycles. The molecule has 80 valence electrons. The fraction of sp³-hybridized carbons (Fsp3) is 0.818. The standard InChI is InChI=1S/C11H19NO2/c1-4-6-10(14)12-8-5-7-9(13)11(12,2)3/h4-8H2,1-3H3. The Morgan fingerprint density at radius 1 is 1.50 bits per heavy atom. The highest BCUT2D eigenvalue weighted by Crippen LogP contribution is 2.24. The fourth-order valence-corrected chi connectivity index (χ4v) is 1.92. The molecule has 3 heteroatoms. The van der Waals surface area contributed by atoms with E-state index < -0.39 is 5.54 Å². The molecule has 1 amide bonds. The summed E-state index contributed by atoms with van der Waals surface area (Å²) in [5.74, 6) is 0.304. The Bertz CT molecular complexity index is 246. The number of nitrogens with zero attached hydrogens (tertiary/aromatic N) is 1. The third kappa shape index (κ3) is 1.97. The van der Waals surface area contributed by atoms with E-state index in [1.165, 1.54) is 0 Å². The minimum absolute atomic E-state index is 0.116. The normalized spacial score (nSPS) is 21.1. The summed E-state index contributed by atoms with van der Waals surface area (Å²) in [4.78, 5) is 25.1. The van der Waals surface area contributed by atoms with Gasteiger partial charge in [0.25, 0.3) is 0 Å². The summed E-state index contributed by atoms with van der Waals surface area (Å²) in [5, 5.41) is 0. The third-order valence-electron chi connectivity index (χ3n) is 2.91. The topological polar surface area (TPSA) is 37.4 Å². The number of ketones is 1. The lowest BCUT2D eigenvalue weighted by Gasteiger charge is -2.41. The lowest BCUT2D eigenvalue weighted by atomic mass is 9.88. The Morgan fingerprint density at radius 3 is 2.71 bits per heavy atom. The monoisotopic (exact) mass is 197 g/mol. The van der Waals surface area contributed by atoms with Crippen molar-refractivity contribution in [2.75, 3.05) is 6.54 Å². The van der Waals surface area contributed by atoms with E-state index in [-0.39, 0.29) is 11.7 Å². The number of rotatable bonds is 2. The average Bonchev–Trinajstić information content (AvgIpc) is 2.10. The molecule has 0 N–H and O–H groups in total. The Kier molecular flexibility index (Phi) is 3.29. The van der Waals surface area contributed by atoms with Gasteiger partial charge in [-0.2, -0.15) is 0 Å².